The van der Waals surface area contributed by atoms with Crippen LogP contribution >= 0.6 is 0 Å². The molecule has 3 nitrogen and oxygen atoms in total. The summed E-state index contributed by atoms with van der Waals surface area (Å²) in [5.41, 5.74) is 4.39. The minimum Gasteiger partial charge on any atom is -0.508 e. The summed E-state index contributed by atoms with van der Waals surface area (Å²) in [7, 11) is 0. The van der Waals surface area contributed by atoms with Gasteiger partial charge in [-0.05, 0) is 35.4 Å². The van der Waals surface area contributed by atoms with Crippen molar-refractivity contribution < 1.29 is 9.84 Å². The molecular weight excluding hydrogens is 250 g/mol. The van der Waals surface area contributed by atoms with Crippen LogP contribution in [0, 0.1) is 0 Å². The molecule has 1 unspecified atom stereocenters. The topological polar surface area (TPSA) is 42.4 Å². The minimum absolute atomic E-state index is 0.0315. The van der Waals surface area contributed by atoms with E-state index in [2.05, 4.69) is 24.9 Å². The molecule has 1 aliphatic carbocycles. The fourth-order valence-electron chi connectivity index (χ4n) is 3.27. The van der Waals surface area contributed by atoms with Crippen molar-refractivity contribution >= 4 is 11.6 Å². The first-order chi connectivity index (χ1) is 9.57. The highest BCUT2D eigenvalue weighted by molar-refractivity contribution is 5.92. The molecule has 0 amide bonds. The molecule has 20 heavy (non-hydrogen) atoms. The normalized spacial score (nSPS) is 21.3. The lowest BCUT2D eigenvalue weighted by Gasteiger charge is -2.36. The quantitative estimate of drug-likeness (QED) is 0.794. The molecule has 4 rings (SSSR count). The van der Waals surface area contributed by atoms with Crippen molar-refractivity contribution in [3.8, 4) is 11.5 Å². The number of phenolic OH excluding ortho intramolecular Hbond substituents is 1. The van der Waals surface area contributed by atoms with E-state index >= 15 is 0 Å². The number of aromatic nitrogens is 1. The number of ether oxygens (including phenoxy) is 1. The van der Waals surface area contributed by atoms with Crippen molar-refractivity contribution in [2.24, 2.45) is 0 Å². The average molecular weight is 265 g/mol. The largest absolute Gasteiger partial charge is 0.508 e. The van der Waals surface area contributed by atoms with Crippen LogP contribution in [0.15, 0.2) is 36.7 Å². The number of aromatic hydroxyl groups is 1. The van der Waals surface area contributed by atoms with Gasteiger partial charge in [0.2, 0.25) is 0 Å². The zero-order valence-electron chi connectivity index (χ0n) is 11.4. The number of benzene rings is 1. The van der Waals surface area contributed by atoms with Crippen LogP contribution in [0.4, 0.5) is 0 Å². The van der Waals surface area contributed by atoms with Crippen molar-refractivity contribution in [2.45, 2.75) is 25.4 Å². The molecule has 1 aliphatic heterocycles. The Morgan fingerprint density at radius 3 is 2.95 bits per heavy atom. The van der Waals surface area contributed by atoms with Crippen molar-refractivity contribution in [2.75, 3.05) is 0 Å². The van der Waals surface area contributed by atoms with E-state index < -0.39 is 0 Å². The van der Waals surface area contributed by atoms with E-state index in [1.165, 1.54) is 5.57 Å². The molecule has 2 heterocycles. The van der Waals surface area contributed by atoms with Crippen molar-refractivity contribution in [1.82, 2.24) is 4.98 Å². The summed E-state index contributed by atoms with van der Waals surface area (Å²) in [4.78, 5) is 4.13. The van der Waals surface area contributed by atoms with Crippen LogP contribution in [0.2, 0.25) is 0 Å². The summed E-state index contributed by atoms with van der Waals surface area (Å²) < 4.78 is 6.11. The van der Waals surface area contributed by atoms with Crippen LogP contribution in [-0.4, -0.2) is 16.2 Å². The van der Waals surface area contributed by atoms with Gasteiger partial charge in [-0.15, -0.1) is 0 Å². The number of rotatable bonds is 0. The van der Waals surface area contributed by atoms with Crippen molar-refractivity contribution in [1.29, 1.82) is 0 Å². The lowest BCUT2D eigenvalue weighted by atomic mass is 9.70. The Bertz CT molecular complexity index is 746. The Balaban J connectivity index is 1.98. The third kappa shape index (κ3) is 1.38. The molecule has 1 aromatic heterocycles. The van der Waals surface area contributed by atoms with Gasteiger partial charge in [0.05, 0.1) is 6.20 Å². The van der Waals surface area contributed by atoms with Gasteiger partial charge in [-0.3, -0.25) is 4.98 Å². The highest BCUT2D eigenvalue weighted by Crippen LogP contribution is 2.50. The van der Waals surface area contributed by atoms with Crippen LogP contribution in [0.25, 0.3) is 11.6 Å². The fourth-order valence-corrected chi connectivity index (χ4v) is 3.27. The van der Waals surface area contributed by atoms with Crippen LogP contribution in [-0.2, 0) is 5.41 Å². The molecule has 2 aliphatic rings. The maximum Gasteiger partial charge on any atom is 0.146 e. The standard InChI is InChI=1S/C17H15NO2/c1-17(2)14-8-11(19)4-3-10(14)7-13-12-5-6-18-9-15(12)20-16(13)17/h3-9,16,19H,1-2H3. The second-order valence-electron chi connectivity index (χ2n) is 5.96. The molecule has 0 fully saturated rings. The van der Waals surface area contributed by atoms with Gasteiger partial charge in [0.15, 0.2) is 0 Å². The average Bonchev–Trinajstić information content (AvgIpc) is 2.80. The number of nitrogens with zero attached hydrogens (tertiary/aromatic N) is 1. The van der Waals surface area contributed by atoms with E-state index in [4.69, 9.17) is 4.74 Å². The van der Waals surface area contributed by atoms with Gasteiger partial charge in [-0.2, -0.15) is 0 Å². The molecular formula is C17H15NO2. The van der Waals surface area contributed by atoms with Crippen LogP contribution in [0.5, 0.6) is 11.5 Å². The molecule has 0 saturated carbocycles. The summed E-state index contributed by atoms with van der Waals surface area (Å²) in [5, 5.41) is 9.76. The minimum atomic E-state index is -0.197. The van der Waals surface area contributed by atoms with E-state index in [0.717, 1.165) is 22.4 Å². The van der Waals surface area contributed by atoms with Gasteiger partial charge in [0, 0.05) is 22.7 Å². The molecule has 100 valence electrons. The Morgan fingerprint density at radius 1 is 1.25 bits per heavy atom. The summed E-state index contributed by atoms with van der Waals surface area (Å²) in [6.07, 6.45) is 5.70. The van der Waals surface area contributed by atoms with E-state index in [0.29, 0.717) is 5.75 Å². The number of hydrogen-bond acceptors (Lipinski definition) is 3. The molecule has 3 heteroatoms. The van der Waals surface area contributed by atoms with E-state index in [1.54, 1.807) is 18.5 Å². The van der Waals surface area contributed by atoms with E-state index in [9.17, 15) is 5.11 Å². The molecule has 0 saturated heterocycles. The lowest BCUT2D eigenvalue weighted by Crippen LogP contribution is -2.39. The third-order valence-corrected chi connectivity index (χ3v) is 4.32. The predicted molar refractivity (Wildman–Crippen MR) is 77.7 cm³/mol. The Hall–Kier alpha value is -2.29. The SMILES string of the molecule is CC1(C)c2cc(O)ccc2C=C2c3ccncc3OC21. The fraction of sp³-hybridized carbons (Fsp3) is 0.235. The monoisotopic (exact) mass is 265 g/mol. The van der Waals surface area contributed by atoms with E-state index in [-0.39, 0.29) is 11.5 Å². The maximum atomic E-state index is 9.76. The lowest BCUT2D eigenvalue weighted by molar-refractivity contribution is 0.190. The van der Waals surface area contributed by atoms with Crippen LogP contribution < -0.4 is 4.74 Å². The predicted octanol–water partition coefficient (Wildman–Crippen LogP) is 3.38. The summed E-state index contributed by atoms with van der Waals surface area (Å²) >= 11 is 0. The summed E-state index contributed by atoms with van der Waals surface area (Å²) in [6.45, 7) is 4.31. The first kappa shape index (κ1) is 11.5. The van der Waals surface area contributed by atoms with Gasteiger partial charge in [0.25, 0.3) is 0 Å². The first-order valence-corrected chi connectivity index (χ1v) is 6.73. The van der Waals surface area contributed by atoms with Crippen LogP contribution in [0.1, 0.15) is 30.5 Å². The molecule has 1 N–H and O–H groups in total. The van der Waals surface area contributed by atoms with Gasteiger partial charge >= 0.3 is 0 Å². The molecule has 1 atom stereocenters. The second kappa shape index (κ2) is 3.63. The summed E-state index contributed by atoms with van der Waals surface area (Å²) in [5.74, 6) is 1.14. The van der Waals surface area contributed by atoms with Crippen molar-refractivity contribution in [3.05, 3.63) is 53.3 Å². The third-order valence-electron chi connectivity index (χ3n) is 4.32. The summed E-state index contributed by atoms with van der Waals surface area (Å²) in [6, 6.07) is 7.54. The van der Waals surface area contributed by atoms with Gasteiger partial charge < -0.3 is 9.84 Å². The van der Waals surface area contributed by atoms with Gasteiger partial charge in [-0.1, -0.05) is 19.9 Å². The Kier molecular flexibility index (Phi) is 2.09. The highest BCUT2D eigenvalue weighted by atomic mass is 16.5. The highest BCUT2D eigenvalue weighted by Gasteiger charge is 2.44. The number of hydrogen-bond donors (Lipinski definition) is 1. The zero-order valence-corrected chi connectivity index (χ0v) is 11.4. The first-order valence-electron chi connectivity index (χ1n) is 6.73. The molecule has 0 spiro atoms. The van der Waals surface area contributed by atoms with Gasteiger partial charge in [0.1, 0.15) is 17.6 Å². The van der Waals surface area contributed by atoms with E-state index in [1.807, 2.05) is 18.2 Å². The maximum absolute atomic E-state index is 9.76. The molecule has 0 bridgehead atoms. The number of fused-ring (bicyclic) bond motifs is 4. The van der Waals surface area contributed by atoms with Crippen molar-refractivity contribution in [3.63, 3.8) is 0 Å². The molecule has 0 radical (unpaired) electrons. The van der Waals surface area contributed by atoms with Gasteiger partial charge in [-0.25, -0.2) is 0 Å². The molecule has 2 aromatic rings. The second-order valence-corrected chi connectivity index (χ2v) is 5.96. The number of phenols is 1. The van der Waals surface area contributed by atoms with Crippen LogP contribution in [0.3, 0.4) is 0 Å². The zero-order chi connectivity index (χ0) is 13.9. The smallest absolute Gasteiger partial charge is 0.146 e. The Labute approximate surface area is 117 Å². The molecule has 1 aromatic carbocycles. The Morgan fingerprint density at radius 2 is 2.10 bits per heavy atom. The number of pyridine rings is 1.